The van der Waals surface area contributed by atoms with Crippen LogP contribution in [-0.2, 0) is 16.0 Å². The van der Waals surface area contributed by atoms with Crippen LogP contribution in [0.15, 0.2) is 18.2 Å². The van der Waals surface area contributed by atoms with Crippen LogP contribution >= 0.6 is 34.5 Å². The van der Waals surface area contributed by atoms with Gasteiger partial charge in [-0.25, -0.2) is 4.79 Å². The largest absolute Gasteiger partial charge is 0.448 e. The summed E-state index contributed by atoms with van der Waals surface area (Å²) in [5.41, 5.74) is 0.870. The molecule has 1 fully saturated rings. The van der Waals surface area contributed by atoms with Gasteiger partial charge in [0.2, 0.25) is 11.0 Å². The Bertz CT molecular complexity index is 783. The fourth-order valence-corrected chi connectivity index (χ4v) is 3.36. The van der Waals surface area contributed by atoms with Gasteiger partial charge in [0.1, 0.15) is 18.2 Å². The zero-order valence-corrected chi connectivity index (χ0v) is 14.6. The van der Waals surface area contributed by atoms with Gasteiger partial charge < -0.3 is 4.74 Å². The molecule has 1 saturated heterocycles. The molecule has 24 heavy (non-hydrogen) atoms. The molecular formula is C14H12Cl2N4O3S. The van der Waals surface area contributed by atoms with Gasteiger partial charge in [0.15, 0.2) is 0 Å². The molecule has 0 radical (unpaired) electrons. The van der Waals surface area contributed by atoms with E-state index in [4.69, 9.17) is 27.9 Å². The van der Waals surface area contributed by atoms with Gasteiger partial charge in [0.25, 0.3) is 0 Å². The second kappa shape index (κ2) is 7.33. The number of carbonyl (C=O) groups excluding carboxylic acids is 2. The summed E-state index contributed by atoms with van der Waals surface area (Å²) in [5, 5.41) is 12.8. The molecule has 0 atom stereocenters. The Labute approximate surface area is 151 Å². The van der Waals surface area contributed by atoms with Gasteiger partial charge in [-0.3, -0.25) is 15.0 Å². The zero-order chi connectivity index (χ0) is 17.1. The number of ether oxygens (including phenoxy) is 1. The Morgan fingerprint density at radius 2 is 2.21 bits per heavy atom. The molecule has 7 nitrogen and oxygen atoms in total. The minimum atomic E-state index is -0.486. The molecule has 126 valence electrons. The molecule has 3 rings (SSSR count). The van der Waals surface area contributed by atoms with Crippen LogP contribution < -0.4 is 5.32 Å². The summed E-state index contributed by atoms with van der Waals surface area (Å²) in [6.45, 7) is 0.635. The average molecular weight is 387 g/mol. The smallest absolute Gasteiger partial charge is 0.410 e. The van der Waals surface area contributed by atoms with E-state index in [-0.39, 0.29) is 12.5 Å². The number of aromatic nitrogens is 2. The third-order valence-corrected chi connectivity index (χ3v) is 4.68. The molecule has 1 N–H and O–H groups in total. The van der Waals surface area contributed by atoms with Crippen molar-refractivity contribution in [1.82, 2.24) is 15.1 Å². The van der Waals surface area contributed by atoms with Crippen molar-refractivity contribution in [1.29, 1.82) is 0 Å². The van der Waals surface area contributed by atoms with Crippen molar-refractivity contribution in [3.63, 3.8) is 0 Å². The number of nitrogens with one attached hydrogen (secondary N) is 1. The molecular weight excluding hydrogens is 375 g/mol. The summed E-state index contributed by atoms with van der Waals surface area (Å²) < 4.78 is 4.77. The minimum Gasteiger partial charge on any atom is -0.448 e. The molecule has 2 heterocycles. The van der Waals surface area contributed by atoms with E-state index in [9.17, 15) is 9.59 Å². The maximum Gasteiger partial charge on any atom is 0.410 e. The Balaban J connectivity index is 1.59. The number of nitrogens with zero attached hydrogens (tertiary/aromatic N) is 3. The van der Waals surface area contributed by atoms with Crippen molar-refractivity contribution in [2.24, 2.45) is 0 Å². The van der Waals surface area contributed by atoms with E-state index in [2.05, 4.69) is 15.5 Å². The number of hydrogen-bond donors (Lipinski definition) is 1. The van der Waals surface area contributed by atoms with Crippen LogP contribution in [0.4, 0.5) is 9.93 Å². The van der Waals surface area contributed by atoms with Gasteiger partial charge >= 0.3 is 6.09 Å². The molecule has 2 aromatic rings. The van der Waals surface area contributed by atoms with Crippen LogP contribution in [0.1, 0.15) is 10.6 Å². The topological polar surface area (TPSA) is 84.4 Å². The number of anilines is 1. The highest BCUT2D eigenvalue weighted by molar-refractivity contribution is 7.15. The quantitative estimate of drug-likeness (QED) is 0.853. The highest BCUT2D eigenvalue weighted by Crippen LogP contribution is 2.25. The third kappa shape index (κ3) is 4.14. The number of hydrogen-bond acceptors (Lipinski definition) is 6. The Kier molecular flexibility index (Phi) is 5.17. The van der Waals surface area contributed by atoms with Crippen LogP contribution in [-0.4, -0.2) is 46.8 Å². The highest BCUT2D eigenvalue weighted by Gasteiger charge is 2.24. The average Bonchev–Trinajstić information content (AvgIpc) is 3.12. The van der Waals surface area contributed by atoms with Gasteiger partial charge in [0.05, 0.1) is 6.54 Å². The van der Waals surface area contributed by atoms with E-state index >= 15 is 0 Å². The predicted molar refractivity (Wildman–Crippen MR) is 90.7 cm³/mol. The number of amides is 2. The molecule has 1 aliphatic rings. The molecule has 0 spiro atoms. The van der Waals surface area contributed by atoms with E-state index in [1.807, 2.05) is 6.07 Å². The fourth-order valence-electron chi connectivity index (χ4n) is 2.10. The van der Waals surface area contributed by atoms with Gasteiger partial charge in [-0.2, -0.15) is 0 Å². The van der Waals surface area contributed by atoms with Crippen molar-refractivity contribution >= 4 is 51.7 Å². The maximum absolute atomic E-state index is 11.9. The zero-order valence-electron chi connectivity index (χ0n) is 12.3. The van der Waals surface area contributed by atoms with Crippen LogP contribution in [0.3, 0.4) is 0 Å². The van der Waals surface area contributed by atoms with Crippen LogP contribution in [0.5, 0.6) is 0 Å². The van der Waals surface area contributed by atoms with E-state index in [1.54, 1.807) is 12.1 Å². The Hall–Kier alpha value is -1.90. The van der Waals surface area contributed by atoms with E-state index < -0.39 is 6.09 Å². The lowest BCUT2D eigenvalue weighted by atomic mass is 10.2. The third-order valence-electron chi connectivity index (χ3n) is 3.25. The van der Waals surface area contributed by atoms with Crippen LogP contribution in [0.25, 0.3) is 0 Å². The number of cyclic esters (lactones) is 1. The second-order valence-electron chi connectivity index (χ2n) is 5.00. The van der Waals surface area contributed by atoms with E-state index in [0.717, 1.165) is 5.56 Å². The van der Waals surface area contributed by atoms with Crippen LogP contribution in [0.2, 0.25) is 10.0 Å². The monoisotopic (exact) mass is 386 g/mol. The van der Waals surface area contributed by atoms with Gasteiger partial charge in [-0.1, -0.05) is 40.6 Å². The molecule has 0 bridgehead atoms. The normalized spacial score (nSPS) is 13.9. The van der Waals surface area contributed by atoms with E-state index in [1.165, 1.54) is 16.2 Å². The number of benzene rings is 1. The number of carbonyl (C=O) groups is 2. The molecule has 0 unspecified atom stereocenters. The lowest BCUT2D eigenvalue weighted by Crippen LogP contribution is -2.33. The highest BCUT2D eigenvalue weighted by atomic mass is 35.5. The first-order valence-corrected chi connectivity index (χ1v) is 8.56. The van der Waals surface area contributed by atoms with Crippen LogP contribution in [0, 0.1) is 0 Å². The first-order valence-electron chi connectivity index (χ1n) is 6.99. The summed E-state index contributed by atoms with van der Waals surface area (Å²) in [5.74, 6) is -0.346. The lowest BCUT2D eigenvalue weighted by molar-refractivity contribution is -0.116. The van der Waals surface area contributed by atoms with Gasteiger partial charge in [-0.15, -0.1) is 10.2 Å². The SMILES string of the molecule is O=C(CN1CCOC1=O)Nc1nnc(Cc2ccc(Cl)cc2Cl)s1. The van der Waals surface area contributed by atoms with Crippen molar-refractivity contribution in [3.05, 3.63) is 38.8 Å². The van der Waals surface area contributed by atoms with Crippen molar-refractivity contribution in [3.8, 4) is 0 Å². The molecule has 1 aliphatic heterocycles. The Morgan fingerprint density at radius 1 is 1.38 bits per heavy atom. The maximum atomic E-state index is 11.9. The molecule has 1 aromatic carbocycles. The molecule has 1 aromatic heterocycles. The molecule has 10 heteroatoms. The predicted octanol–water partition coefficient (Wildman–Crippen LogP) is 2.83. The van der Waals surface area contributed by atoms with Crippen molar-refractivity contribution in [2.45, 2.75) is 6.42 Å². The fraction of sp³-hybridized carbons (Fsp3) is 0.286. The summed E-state index contributed by atoms with van der Waals surface area (Å²) >= 11 is 13.2. The Morgan fingerprint density at radius 3 is 2.92 bits per heavy atom. The molecule has 0 saturated carbocycles. The van der Waals surface area contributed by atoms with Crippen molar-refractivity contribution in [2.75, 3.05) is 25.0 Å². The van der Waals surface area contributed by atoms with Gasteiger partial charge in [-0.05, 0) is 17.7 Å². The standard InChI is InChI=1S/C14H12Cl2N4O3S/c15-9-2-1-8(10(16)6-9)5-12-18-19-13(24-12)17-11(21)7-20-3-4-23-14(20)22/h1-2,6H,3-5,7H2,(H,17,19,21). The van der Waals surface area contributed by atoms with Gasteiger partial charge in [0, 0.05) is 16.5 Å². The minimum absolute atomic E-state index is 0.0727. The second-order valence-corrected chi connectivity index (χ2v) is 6.90. The number of rotatable bonds is 5. The summed E-state index contributed by atoms with van der Waals surface area (Å²) in [4.78, 5) is 24.5. The molecule has 0 aliphatic carbocycles. The first-order chi connectivity index (χ1) is 11.5. The summed E-state index contributed by atoms with van der Waals surface area (Å²) in [6, 6.07) is 5.24. The summed E-state index contributed by atoms with van der Waals surface area (Å²) in [7, 11) is 0. The lowest BCUT2D eigenvalue weighted by Gasteiger charge is -2.10. The first kappa shape index (κ1) is 16.9. The number of halogens is 2. The molecule has 2 amide bonds. The van der Waals surface area contributed by atoms with E-state index in [0.29, 0.717) is 39.8 Å². The summed E-state index contributed by atoms with van der Waals surface area (Å²) in [6.07, 6.45) is 0.00242. The van der Waals surface area contributed by atoms with Crippen molar-refractivity contribution < 1.29 is 14.3 Å².